The Morgan fingerprint density at radius 3 is 2.46 bits per heavy atom. The first-order valence-corrected chi connectivity index (χ1v) is 9.46. The molecule has 0 spiro atoms. The molecule has 1 amide bonds. The lowest BCUT2D eigenvalue weighted by atomic mass is 10.2. The molecule has 26 heavy (non-hydrogen) atoms. The molecule has 2 aromatic carbocycles. The zero-order valence-electron chi connectivity index (χ0n) is 14.4. The number of rotatable bonds is 5. The van der Waals surface area contributed by atoms with Crippen molar-refractivity contribution in [2.75, 3.05) is 30.9 Å². The van der Waals surface area contributed by atoms with E-state index in [1.54, 1.807) is 13.1 Å². The maximum atomic E-state index is 12.8. The number of carbonyl (C=O) groups is 1. The van der Waals surface area contributed by atoms with E-state index in [0.29, 0.717) is 22.0 Å². The van der Waals surface area contributed by atoms with Crippen LogP contribution in [0.25, 0.3) is 0 Å². The number of nitrogens with zero attached hydrogens (tertiary/aromatic N) is 1. The summed E-state index contributed by atoms with van der Waals surface area (Å²) in [6, 6.07) is 7.49. The van der Waals surface area contributed by atoms with E-state index in [9.17, 15) is 13.2 Å². The summed E-state index contributed by atoms with van der Waals surface area (Å²) in [5, 5.41) is 0.298. The fraction of sp³-hybridized carbons (Fsp3) is 0.235. The number of sulfonamides is 1. The number of likely N-dealkylation sites (N-methyl/N-ethyl adjacent to an activating group) is 1. The highest BCUT2D eigenvalue weighted by Gasteiger charge is 2.26. The summed E-state index contributed by atoms with van der Waals surface area (Å²) in [4.78, 5) is 13.3. The van der Waals surface area contributed by atoms with Crippen LogP contribution in [0.3, 0.4) is 0 Å². The van der Waals surface area contributed by atoms with Gasteiger partial charge in [-0.15, -0.1) is 0 Å². The minimum Gasteiger partial charge on any atom is -0.495 e. The van der Waals surface area contributed by atoms with E-state index in [0.717, 1.165) is 0 Å². The van der Waals surface area contributed by atoms with Crippen molar-refractivity contribution in [3.8, 4) is 11.5 Å². The lowest BCUT2D eigenvalue weighted by Crippen LogP contribution is -2.20. The van der Waals surface area contributed by atoms with Gasteiger partial charge in [0.15, 0.2) is 0 Å². The van der Waals surface area contributed by atoms with Gasteiger partial charge >= 0.3 is 0 Å². The van der Waals surface area contributed by atoms with Gasteiger partial charge in [-0.2, -0.15) is 0 Å². The quantitative estimate of drug-likeness (QED) is 0.839. The minimum absolute atomic E-state index is 0.0512. The number of anilines is 2. The second-order valence-corrected chi connectivity index (χ2v) is 7.80. The van der Waals surface area contributed by atoms with Gasteiger partial charge in [0.05, 0.1) is 36.2 Å². The highest BCUT2D eigenvalue weighted by molar-refractivity contribution is 7.92. The number of carbonyl (C=O) groups excluding carboxylic acids is 1. The third kappa shape index (κ3) is 3.17. The molecule has 3 rings (SSSR count). The normalized spacial score (nSPS) is 13.5. The molecule has 1 heterocycles. The summed E-state index contributed by atoms with van der Waals surface area (Å²) in [5.41, 5.74) is 1.57. The van der Waals surface area contributed by atoms with Crippen LogP contribution in [0.5, 0.6) is 11.5 Å². The highest BCUT2D eigenvalue weighted by atomic mass is 35.5. The monoisotopic (exact) mass is 396 g/mol. The maximum Gasteiger partial charge on any atom is 0.262 e. The van der Waals surface area contributed by atoms with E-state index < -0.39 is 10.0 Å². The standard InChI is InChI=1S/C17H17ClN2O5S/c1-20-14-5-4-11(6-10(14)7-17(20)21)26(22,23)19-13-9-15(24-2)12(18)8-16(13)25-3/h4-6,8-9,19H,7H2,1-3H3. The summed E-state index contributed by atoms with van der Waals surface area (Å²) in [7, 11) is 0.599. The molecular weight excluding hydrogens is 380 g/mol. The van der Waals surface area contributed by atoms with Gasteiger partial charge in [0.2, 0.25) is 5.91 Å². The fourth-order valence-electron chi connectivity index (χ4n) is 2.76. The van der Waals surface area contributed by atoms with E-state index in [-0.39, 0.29) is 28.7 Å². The van der Waals surface area contributed by atoms with Crippen molar-refractivity contribution in [1.29, 1.82) is 0 Å². The Balaban J connectivity index is 1.98. The number of amides is 1. The van der Waals surface area contributed by atoms with Crippen molar-refractivity contribution in [3.63, 3.8) is 0 Å². The molecule has 1 N–H and O–H groups in total. The van der Waals surface area contributed by atoms with Gasteiger partial charge in [-0.05, 0) is 23.8 Å². The molecular formula is C17H17ClN2O5S. The third-order valence-electron chi connectivity index (χ3n) is 4.16. The lowest BCUT2D eigenvalue weighted by Gasteiger charge is -2.15. The number of halogens is 1. The molecule has 0 aromatic heterocycles. The maximum absolute atomic E-state index is 12.8. The molecule has 1 aliphatic rings. The predicted molar refractivity (Wildman–Crippen MR) is 98.9 cm³/mol. The summed E-state index contributed by atoms with van der Waals surface area (Å²) >= 11 is 6.04. The number of hydrogen-bond acceptors (Lipinski definition) is 5. The van der Waals surface area contributed by atoms with Gasteiger partial charge < -0.3 is 14.4 Å². The second kappa shape index (κ2) is 6.69. The van der Waals surface area contributed by atoms with Gasteiger partial charge in [0, 0.05) is 24.9 Å². The summed E-state index contributed by atoms with van der Waals surface area (Å²) in [5.74, 6) is 0.494. The van der Waals surface area contributed by atoms with Crippen LogP contribution in [0, 0.1) is 0 Å². The number of methoxy groups -OCH3 is 2. The van der Waals surface area contributed by atoms with Crippen molar-refractivity contribution in [2.24, 2.45) is 0 Å². The Hall–Kier alpha value is -2.45. The first-order chi connectivity index (χ1) is 12.3. The highest BCUT2D eigenvalue weighted by Crippen LogP contribution is 2.37. The Bertz CT molecular complexity index is 991. The van der Waals surface area contributed by atoms with Crippen LogP contribution in [0.2, 0.25) is 5.02 Å². The second-order valence-electron chi connectivity index (χ2n) is 5.71. The van der Waals surface area contributed by atoms with Gasteiger partial charge in [-0.3, -0.25) is 9.52 Å². The van der Waals surface area contributed by atoms with Crippen molar-refractivity contribution in [3.05, 3.63) is 40.9 Å². The van der Waals surface area contributed by atoms with Crippen LogP contribution in [0.4, 0.5) is 11.4 Å². The molecule has 0 saturated heterocycles. The summed E-state index contributed by atoms with van der Waals surface area (Å²) in [6.45, 7) is 0. The number of hydrogen-bond donors (Lipinski definition) is 1. The number of ether oxygens (including phenoxy) is 2. The van der Waals surface area contributed by atoms with Crippen molar-refractivity contribution in [2.45, 2.75) is 11.3 Å². The molecule has 7 nitrogen and oxygen atoms in total. The van der Waals surface area contributed by atoms with E-state index in [2.05, 4.69) is 4.72 Å². The van der Waals surface area contributed by atoms with Crippen LogP contribution in [0.1, 0.15) is 5.56 Å². The molecule has 9 heteroatoms. The smallest absolute Gasteiger partial charge is 0.262 e. The molecule has 1 aliphatic heterocycles. The number of fused-ring (bicyclic) bond motifs is 1. The molecule has 2 aromatic rings. The Labute approximate surface area is 156 Å². The topological polar surface area (TPSA) is 84.9 Å². The van der Waals surface area contributed by atoms with E-state index >= 15 is 0 Å². The van der Waals surface area contributed by atoms with Crippen molar-refractivity contribution < 1.29 is 22.7 Å². The van der Waals surface area contributed by atoms with Crippen LogP contribution in [-0.4, -0.2) is 35.6 Å². The van der Waals surface area contributed by atoms with Gasteiger partial charge in [0.25, 0.3) is 10.0 Å². The van der Waals surface area contributed by atoms with Crippen LogP contribution in [-0.2, 0) is 21.2 Å². The van der Waals surface area contributed by atoms with E-state index in [1.807, 2.05) is 0 Å². The zero-order chi connectivity index (χ0) is 19.1. The minimum atomic E-state index is -3.90. The summed E-state index contributed by atoms with van der Waals surface area (Å²) in [6.07, 6.45) is 0.174. The van der Waals surface area contributed by atoms with Gasteiger partial charge in [0.1, 0.15) is 11.5 Å². The van der Waals surface area contributed by atoms with E-state index in [1.165, 1.54) is 43.4 Å². The molecule has 0 fully saturated rings. The fourth-order valence-corrected chi connectivity index (χ4v) is 4.10. The van der Waals surface area contributed by atoms with Crippen LogP contribution >= 0.6 is 11.6 Å². The molecule has 0 aliphatic carbocycles. The molecule has 0 unspecified atom stereocenters. The Kier molecular flexibility index (Phi) is 4.72. The average molecular weight is 397 g/mol. The molecule has 0 radical (unpaired) electrons. The van der Waals surface area contributed by atoms with Crippen molar-refractivity contribution >= 4 is 38.9 Å². The third-order valence-corrected chi connectivity index (χ3v) is 5.82. The SMILES string of the molecule is COc1cc(NS(=O)(=O)c2ccc3c(c2)CC(=O)N3C)c(OC)cc1Cl. The number of benzene rings is 2. The molecule has 138 valence electrons. The number of nitrogens with one attached hydrogen (secondary N) is 1. The molecule has 0 bridgehead atoms. The van der Waals surface area contributed by atoms with Crippen LogP contribution in [0.15, 0.2) is 35.2 Å². The largest absolute Gasteiger partial charge is 0.495 e. The lowest BCUT2D eigenvalue weighted by molar-refractivity contribution is -0.117. The van der Waals surface area contributed by atoms with Gasteiger partial charge in [-0.1, -0.05) is 11.6 Å². The first-order valence-electron chi connectivity index (χ1n) is 7.60. The van der Waals surface area contributed by atoms with E-state index in [4.69, 9.17) is 21.1 Å². The first kappa shape index (κ1) is 18.3. The molecule has 0 saturated carbocycles. The Morgan fingerprint density at radius 2 is 1.81 bits per heavy atom. The van der Waals surface area contributed by atoms with Crippen LogP contribution < -0.4 is 19.1 Å². The predicted octanol–water partition coefficient (Wildman–Crippen LogP) is 2.68. The zero-order valence-corrected chi connectivity index (χ0v) is 15.9. The summed E-state index contributed by atoms with van der Waals surface area (Å²) < 4.78 is 38.4. The Morgan fingerprint density at radius 1 is 1.12 bits per heavy atom. The average Bonchev–Trinajstić information content (AvgIpc) is 2.89. The van der Waals surface area contributed by atoms with Crippen molar-refractivity contribution in [1.82, 2.24) is 0 Å². The van der Waals surface area contributed by atoms with Gasteiger partial charge in [-0.25, -0.2) is 8.42 Å². The molecule has 0 atom stereocenters.